The van der Waals surface area contributed by atoms with E-state index in [-0.39, 0.29) is 28.6 Å². The van der Waals surface area contributed by atoms with Crippen molar-refractivity contribution in [2.75, 3.05) is 7.05 Å². The average molecular weight is 535 g/mol. The van der Waals surface area contributed by atoms with E-state index in [9.17, 15) is 9.59 Å². The van der Waals surface area contributed by atoms with Crippen LogP contribution in [0, 0.1) is 11.5 Å². The molecule has 0 spiro atoms. The van der Waals surface area contributed by atoms with E-state index in [4.69, 9.17) is 0 Å². The zero-order chi connectivity index (χ0) is 27.4. The number of hydrogen-bond donors (Lipinski definition) is 0. The van der Waals surface area contributed by atoms with Crippen molar-refractivity contribution < 1.29 is 27.0 Å². The van der Waals surface area contributed by atoms with E-state index >= 15 is 0 Å². The summed E-state index contributed by atoms with van der Waals surface area (Å²) in [5.74, 6) is 0.423. The van der Waals surface area contributed by atoms with Crippen molar-refractivity contribution in [3.05, 3.63) is 72.4 Å². The van der Waals surface area contributed by atoms with Crippen molar-refractivity contribution in [3.8, 4) is 0 Å². The number of carbonyl (C=O) groups excluding carboxylic acids is 2. The molecule has 0 bridgehead atoms. The fraction of sp³-hybridized carbons (Fsp3) is 0.562. The molecule has 0 heterocycles. The van der Waals surface area contributed by atoms with Crippen LogP contribution < -0.4 is 0 Å². The third-order valence-electron chi connectivity index (χ3n) is 6.29. The first-order valence-electron chi connectivity index (χ1n) is 13.1. The second-order valence-corrected chi connectivity index (χ2v) is 9.56. The SMILES string of the molecule is C=C/C(=C\C=C(C)C)C(C)=O.C=C/C(=C\C=[C-]C)CC.CCCC(CC)N(C)C(=O)C1(C)CCC1.[Cr]. The summed E-state index contributed by atoms with van der Waals surface area (Å²) in [4.78, 5) is 25.1. The number of nitrogens with zero attached hydrogens (tertiary/aromatic N) is 1. The molecule has 1 fully saturated rings. The minimum atomic E-state index is -0.0318. The molecule has 1 amide bonds. The van der Waals surface area contributed by atoms with Crippen molar-refractivity contribution in [1.82, 2.24) is 4.90 Å². The number of rotatable bonds is 11. The Kier molecular flexibility index (Phi) is 24.0. The molecular weight excluding hydrogens is 482 g/mol. The molecule has 1 aliphatic rings. The summed E-state index contributed by atoms with van der Waals surface area (Å²) >= 11 is 0. The number of Topliss-reactive ketones (excluding diaryl/α,β-unsaturated/α-hetero) is 1. The summed E-state index contributed by atoms with van der Waals surface area (Å²) in [5, 5.41) is 0. The molecule has 4 heteroatoms. The summed E-state index contributed by atoms with van der Waals surface area (Å²) < 4.78 is 0. The molecule has 1 aliphatic carbocycles. The number of hydrogen-bond acceptors (Lipinski definition) is 2. The van der Waals surface area contributed by atoms with Crippen molar-refractivity contribution >= 4 is 11.7 Å². The molecule has 3 nitrogen and oxygen atoms in total. The van der Waals surface area contributed by atoms with Crippen LogP contribution in [0.25, 0.3) is 0 Å². The normalized spacial score (nSPS) is 14.9. The van der Waals surface area contributed by atoms with Crippen LogP contribution in [0.1, 0.15) is 100 Å². The molecule has 0 saturated heterocycles. The standard InChI is InChI=1S/C13H25NO.C10H14O.C9H13.Cr/c1-5-8-11(6-2)14(4)12(15)13(3)9-7-10-13;1-5-10(9(4)11)7-6-8(2)3;1-4-7-8-9(5-2)6-3;/h11H,5-10H2,1-4H3;5-7H,1H2,2-4H3;5,7-8H,2,6H2,1,3H3;/q;;-1;/b;10-7+;9-8+;. The third-order valence-corrected chi connectivity index (χ3v) is 6.29. The van der Waals surface area contributed by atoms with Crippen molar-refractivity contribution in [2.24, 2.45) is 5.41 Å². The second-order valence-electron chi connectivity index (χ2n) is 9.56. The third kappa shape index (κ3) is 16.0. The Balaban J connectivity index is -0.000000465. The molecule has 1 unspecified atom stereocenters. The van der Waals surface area contributed by atoms with E-state index in [1.807, 2.05) is 57.0 Å². The van der Waals surface area contributed by atoms with Crippen molar-refractivity contribution in [1.29, 1.82) is 0 Å². The van der Waals surface area contributed by atoms with Gasteiger partial charge in [-0.25, -0.2) is 12.2 Å². The van der Waals surface area contributed by atoms with Gasteiger partial charge in [0.25, 0.3) is 0 Å². The summed E-state index contributed by atoms with van der Waals surface area (Å²) in [5.41, 5.74) is 3.05. The average Bonchev–Trinajstić information content (AvgIpc) is 2.81. The van der Waals surface area contributed by atoms with Crippen LogP contribution in [0.5, 0.6) is 0 Å². The van der Waals surface area contributed by atoms with E-state index in [0.717, 1.165) is 38.5 Å². The summed E-state index contributed by atoms with van der Waals surface area (Å²) in [7, 11) is 1.98. The molecule has 1 saturated carbocycles. The Bertz CT molecular complexity index is 778. The number of amides is 1. The molecule has 0 N–H and O–H groups in total. The maximum Gasteiger partial charge on any atom is 0.228 e. The first kappa shape index (κ1) is 38.6. The Morgan fingerprint density at radius 2 is 1.61 bits per heavy atom. The molecule has 1 atom stereocenters. The fourth-order valence-corrected chi connectivity index (χ4v) is 3.62. The summed E-state index contributed by atoms with van der Waals surface area (Å²) in [6, 6.07) is 0.444. The van der Waals surface area contributed by atoms with Gasteiger partial charge in [0.2, 0.25) is 5.91 Å². The summed E-state index contributed by atoms with van der Waals surface area (Å²) in [6.07, 6.45) is 21.8. The first-order chi connectivity index (χ1) is 16.5. The topological polar surface area (TPSA) is 37.4 Å². The monoisotopic (exact) mass is 534 g/mol. The van der Waals surface area contributed by atoms with Gasteiger partial charge >= 0.3 is 0 Å². The van der Waals surface area contributed by atoms with Gasteiger partial charge < -0.3 is 4.90 Å². The van der Waals surface area contributed by atoms with Crippen LogP contribution in [0.2, 0.25) is 0 Å². The van der Waals surface area contributed by atoms with E-state index in [1.54, 1.807) is 12.2 Å². The van der Waals surface area contributed by atoms with Gasteiger partial charge in [0.05, 0.1) is 0 Å². The predicted octanol–water partition coefficient (Wildman–Crippen LogP) is 8.75. The largest absolute Gasteiger partial charge is 0.342 e. The van der Waals surface area contributed by atoms with Crippen molar-refractivity contribution in [2.45, 2.75) is 106 Å². The molecule has 0 aromatic heterocycles. The number of allylic oxidation sites excluding steroid dienone is 10. The van der Waals surface area contributed by atoms with Gasteiger partial charge in [0.1, 0.15) is 0 Å². The van der Waals surface area contributed by atoms with Gasteiger partial charge in [0.15, 0.2) is 5.78 Å². The fourth-order valence-electron chi connectivity index (χ4n) is 3.62. The Morgan fingerprint density at radius 3 is 1.92 bits per heavy atom. The van der Waals surface area contributed by atoms with Crippen molar-refractivity contribution in [3.63, 3.8) is 0 Å². The molecule has 1 rings (SSSR count). The Morgan fingerprint density at radius 1 is 1.03 bits per heavy atom. The minimum absolute atomic E-state index is 0. The van der Waals surface area contributed by atoms with Gasteiger partial charge in [0, 0.05) is 41.4 Å². The molecule has 36 heavy (non-hydrogen) atoms. The maximum atomic E-state index is 12.2. The van der Waals surface area contributed by atoms with Gasteiger partial charge in [-0.05, 0) is 52.9 Å². The molecular formula is C32H52CrNO2-. The van der Waals surface area contributed by atoms with Crippen LogP contribution >= 0.6 is 0 Å². The van der Waals surface area contributed by atoms with Crippen LogP contribution in [0.4, 0.5) is 0 Å². The molecule has 0 radical (unpaired) electrons. The zero-order valence-electron chi connectivity index (χ0n) is 24.6. The van der Waals surface area contributed by atoms with E-state index in [1.165, 1.54) is 24.5 Å². The maximum absolute atomic E-state index is 12.2. The quantitative estimate of drug-likeness (QED) is 0.151. The Labute approximate surface area is 234 Å². The van der Waals surface area contributed by atoms with Crippen LogP contribution in [-0.4, -0.2) is 29.7 Å². The zero-order valence-corrected chi connectivity index (χ0v) is 25.9. The van der Waals surface area contributed by atoms with Crippen LogP contribution in [0.3, 0.4) is 0 Å². The predicted molar refractivity (Wildman–Crippen MR) is 154 cm³/mol. The van der Waals surface area contributed by atoms with E-state index in [2.05, 4.69) is 46.9 Å². The second kappa shape index (κ2) is 22.3. The van der Waals surface area contributed by atoms with Gasteiger partial charge in [-0.2, -0.15) is 0 Å². The summed E-state index contributed by atoms with van der Waals surface area (Å²) in [6.45, 7) is 23.2. The number of ketones is 1. The molecule has 0 aromatic rings. The Hall–Kier alpha value is -1.89. The molecule has 0 aliphatic heterocycles. The van der Waals surface area contributed by atoms with Gasteiger partial charge in [-0.3, -0.25) is 15.7 Å². The van der Waals surface area contributed by atoms with E-state index in [0.29, 0.717) is 17.5 Å². The van der Waals surface area contributed by atoms with Gasteiger partial charge in [-0.1, -0.05) is 77.0 Å². The first-order valence-corrected chi connectivity index (χ1v) is 13.1. The molecule has 0 aromatic carbocycles. The van der Waals surface area contributed by atoms with Crippen LogP contribution in [0.15, 0.2) is 66.3 Å². The van der Waals surface area contributed by atoms with E-state index < -0.39 is 0 Å². The van der Waals surface area contributed by atoms with Gasteiger partial charge in [-0.15, -0.1) is 19.1 Å². The minimum Gasteiger partial charge on any atom is -0.342 e. The smallest absolute Gasteiger partial charge is 0.228 e. The molecule has 204 valence electrons. The van der Waals surface area contributed by atoms with Crippen LogP contribution in [-0.2, 0) is 27.0 Å². The number of carbonyl (C=O) groups is 2.